The van der Waals surface area contributed by atoms with Crippen LogP contribution in [-0.4, -0.2) is 46.6 Å². The number of hydrogen-bond donors (Lipinski definition) is 3. The molecule has 0 aromatic heterocycles. The average molecular weight is 250 g/mol. The lowest BCUT2D eigenvalue weighted by atomic mass is 10.1. The number of phenols is 2. The van der Waals surface area contributed by atoms with Crippen molar-refractivity contribution in [3.05, 3.63) is 23.8 Å². The molecule has 1 aromatic carbocycles. The highest BCUT2D eigenvalue weighted by Crippen LogP contribution is 2.22. The Morgan fingerprint density at radius 2 is 2.17 bits per heavy atom. The predicted octanol–water partition coefficient (Wildman–Crippen LogP) is 0.0583. The Morgan fingerprint density at radius 1 is 1.44 bits per heavy atom. The van der Waals surface area contributed by atoms with E-state index in [1.54, 1.807) is 7.05 Å². The van der Waals surface area contributed by atoms with Crippen LogP contribution in [0, 0.1) is 0 Å². The topological polar surface area (TPSA) is 89.9 Å². The number of rotatable bonds is 2. The van der Waals surface area contributed by atoms with E-state index in [9.17, 15) is 19.8 Å². The summed E-state index contributed by atoms with van der Waals surface area (Å²) >= 11 is 0. The van der Waals surface area contributed by atoms with Crippen molar-refractivity contribution >= 4 is 11.8 Å². The van der Waals surface area contributed by atoms with Gasteiger partial charge in [0.05, 0.1) is 5.56 Å². The Hall–Kier alpha value is -2.24. The maximum atomic E-state index is 11.9. The molecule has 6 heteroatoms. The average Bonchev–Trinajstić information content (AvgIpc) is 2.64. The Kier molecular flexibility index (Phi) is 3.10. The van der Waals surface area contributed by atoms with Crippen molar-refractivity contribution in [3.8, 4) is 11.5 Å². The molecule has 2 rings (SSSR count). The van der Waals surface area contributed by atoms with E-state index in [0.29, 0.717) is 13.0 Å². The number of carbonyl (C=O) groups excluding carboxylic acids is 2. The smallest absolute Gasteiger partial charge is 0.255 e. The molecule has 1 aliphatic heterocycles. The van der Waals surface area contributed by atoms with Crippen LogP contribution in [0.4, 0.5) is 0 Å². The van der Waals surface area contributed by atoms with Gasteiger partial charge < -0.3 is 20.4 Å². The molecule has 1 fully saturated rings. The Balaban J connectivity index is 2.13. The Bertz CT molecular complexity index is 501. The maximum absolute atomic E-state index is 11.9. The van der Waals surface area contributed by atoms with E-state index in [4.69, 9.17) is 0 Å². The largest absolute Gasteiger partial charge is 0.508 e. The predicted molar refractivity (Wildman–Crippen MR) is 63.3 cm³/mol. The quantitative estimate of drug-likeness (QED) is 0.647. The highest BCUT2D eigenvalue weighted by Gasteiger charge is 2.30. The summed E-state index contributed by atoms with van der Waals surface area (Å²) in [6.07, 6.45) is 0.542. The van der Waals surface area contributed by atoms with Crippen LogP contribution in [0.2, 0.25) is 0 Å². The fourth-order valence-corrected chi connectivity index (χ4v) is 1.90. The lowest BCUT2D eigenvalue weighted by Gasteiger charge is -2.13. The third kappa shape index (κ3) is 2.22. The van der Waals surface area contributed by atoms with Crippen LogP contribution in [0.5, 0.6) is 11.5 Å². The van der Waals surface area contributed by atoms with Crippen LogP contribution in [0.15, 0.2) is 18.2 Å². The minimum absolute atomic E-state index is 0.0441. The van der Waals surface area contributed by atoms with Crippen molar-refractivity contribution in [2.45, 2.75) is 12.5 Å². The monoisotopic (exact) mass is 250 g/mol. The molecule has 0 saturated carbocycles. The van der Waals surface area contributed by atoms with Gasteiger partial charge in [-0.25, -0.2) is 0 Å². The molecule has 1 heterocycles. The lowest BCUT2D eigenvalue weighted by Crippen LogP contribution is -2.40. The van der Waals surface area contributed by atoms with Crippen molar-refractivity contribution in [1.29, 1.82) is 0 Å². The second-order valence-corrected chi connectivity index (χ2v) is 4.28. The first-order valence-corrected chi connectivity index (χ1v) is 5.57. The number of likely N-dealkylation sites (tertiary alicyclic amines) is 1. The van der Waals surface area contributed by atoms with Crippen molar-refractivity contribution in [2.24, 2.45) is 0 Å². The molecule has 18 heavy (non-hydrogen) atoms. The standard InChI is InChI=1S/C12H14N2O4/c1-14-5-4-9(12(14)18)13-11(17)8-6-7(15)2-3-10(8)16/h2-3,6,9,15-16H,4-5H2,1H3,(H,13,17). The van der Waals surface area contributed by atoms with E-state index in [1.807, 2.05) is 0 Å². The number of likely N-dealkylation sites (N-methyl/N-ethyl adjacent to an activating group) is 1. The second kappa shape index (κ2) is 4.56. The molecule has 0 aliphatic carbocycles. The molecule has 96 valence electrons. The zero-order chi connectivity index (χ0) is 13.3. The van der Waals surface area contributed by atoms with Crippen molar-refractivity contribution in [3.63, 3.8) is 0 Å². The summed E-state index contributed by atoms with van der Waals surface area (Å²) in [7, 11) is 1.67. The summed E-state index contributed by atoms with van der Waals surface area (Å²) in [6, 6.07) is 3.10. The van der Waals surface area contributed by atoms with Crippen molar-refractivity contribution in [2.75, 3.05) is 13.6 Å². The number of aromatic hydroxyl groups is 2. The summed E-state index contributed by atoms with van der Waals surface area (Å²) in [6.45, 7) is 0.593. The van der Waals surface area contributed by atoms with Crippen LogP contribution < -0.4 is 5.32 Å². The molecule has 6 nitrogen and oxygen atoms in total. The van der Waals surface area contributed by atoms with Crippen molar-refractivity contribution in [1.82, 2.24) is 10.2 Å². The minimum atomic E-state index is -0.572. The van der Waals surface area contributed by atoms with Gasteiger partial charge in [0.1, 0.15) is 17.5 Å². The summed E-state index contributed by atoms with van der Waals surface area (Å²) in [5.74, 6) is -1.07. The first-order chi connectivity index (χ1) is 8.49. The number of nitrogens with zero attached hydrogens (tertiary/aromatic N) is 1. The zero-order valence-corrected chi connectivity index (χ0v) is 9.88. The van der Waals surface area contributed by atoms with Crippen molar-refractivity contribution < 1.29 is 19.8 Å². The molecule has 0 bridgehead atoms. The molecular formula is C12H14N2O4. The summed E-state index contributed by atoms with van der Waals surface area (Å²) in [5, 5.41) is 21.3. The molecule has 1 aromatic rings. The summed E-state index contributed by atoms with van der Waals surface area (Å²) in [5.41, 5.74) is -0.0441. The Labute approximate surface area is 104 Å². The molecule has 3 N–H and O–H groups in total. The van der Waals surface area contributed by atoms with Crippen LogP contribution in [-0.2, 0) is 4.79 Å². The lowest BCUT2D eigenvalue weighted by molar-refractivity contribution is -0.128. The number of phenolic OH excluding ortho intramolecular Hbond substituents is 2. The minimum Gasteiger partial charge on any atom is -0.508 e. The maximum Gasteiger partial charge on any atom is 0.255 e. The highest BCUT2D eigenvalue weighted by molar-refractivity contribution is 6.00. The highest BCUT2D eigenvalue weighted by atomic mass is 16.3. The van der Waals surface area contributed by atoms with Gasteiger partial charge in [0, 0.05) is 13.6 Å². The van der Waals surface area contributed by atoms with Gasteiger partial charge in [-0.2, -0.15) is 0 Å². The van der Waals surface area contributed by atoms with E-state index in [0.717, 1.165) is 6.07 Å². The number of hydrogen-bond acceptors (Lipinski definition) is 4. The first kappa shape index (κ1) is 12.2. The van der Waals surface area contributed by atoms with Crippen LogP contribution in [0.3, 0.4) is 0 Å². The van der Waals surface area contributed by atoms with E-state index in [-0.39, 0.29) is 23.0 Å². The van der Waals surface area contributed by atoms with Gasteiger partial charge in [-0.1, -0.05) is 0 Å². The van der Waals surface area contributed by atoms with E-state index in [1.165, 1.54) is 17.0 Å². The molecule has 1 unspecified atom stereocenters. The molecule has 1 aliphatic rings. The van der Waals surface area contributed by atoms with Crippen LogP contribution >= 0.6 is 0 Å². The van der Waals surface area contributed by atoms with E-state index in [2.05, 4.69) is 5.32 Å². The molecule has 2 amide bonds. The van der Waals surface area contributed by atoms with E-state index >= 15 is 0 Å². The summed E-state index contributed by atoms with van der Waals surface area (Å²) < 4.78 is 0. The fraction of sp³-hybridized carbons (Fsp3) is 0.333. The first-order valence-electron chi connectivity index (χ1n) is 5.57. The van der Waals surface area contributed by atoms with Gasteiger partial charge in [0.25, 0.3) is 5.91 Å². The van der Waals surface area contributed by atoms with Gasteiger partial charge in [-0.3, -0.25) is 9.59 Å². The van der Waals surface area contributed by atoms with Gasteiger partial charge in [0.2, 0.25) is 5.91 Å². The van der Waals surface area contributed by atoms with Gasteiger partial charge in [0.15, 0.2) is 0 Å². The third-order valence-corrected chi connectivity index (χ3v) is 2.96. The SMILES string of the molecule is CN1CCC(NC(=O)c2cc(O)ccc2O)C1=O. The zero-order valence-electron chi connectivity index (χ0n) is 9.88. The molecule has 0 spiro atoms. The summed E-state index contributed by atoms with van der Waals surface area (Å²) in [4.78, 5) is 25.0. The molecular weight excluding hydrogens is 236 g/mol. The van der Waals surface area contributed by atoms with Gasteiger partial charge in [-0.15, -0.1) is 0 Å². The number of carbonyl (C=O) groups is 2. The fourth-order valence-electron chi connectivity index (χ4n) is 1.90. The molecule has 0 radical (unpaired) electrons. The van der Waals surface area contributed by atoms with Crippen LogP contribution in [0.1, 0.15) is 16.8 Å². The second-order valence-electron chi connectivity index (χ2n) is 4.28. The third-order valence-electron chi connectivity index (χ3n) is 2.96. The Morgan fingerprint density at radius 3 is 2.78 bits per heavy atom. The number of nitrogens with one attached hydrogen (secondary N) is 1. The van der Waals surface area contributed by atoms with Gasteiger partial charge >= 0.3 is 0 Å². The van der Waals surface area contributed by atoms with Gasteiger partial charge in [-0.05, 0) is 24.6 Å². The van der Waals surface area contributed by atoms with E-state index < -0.39 is 11.9 Å². The molecule has 1 saturated heterocycles. The van der Waals surface area contributed by atoms with Crippen LogP contribution in [0.25, 0.3) is 0 Å². The molecule has 1 atom stereocenters. The number of benzene rings is 1. The normalized spacial score (nSPS) is 19.1. The number of amides is 2.